The number of alkyl halides is 2. The monoisotopic (exact) mass is 475 g/mol. The summed E-state index contributed by atoms with van der Waals surface area (Å²) < 4.78 is 45.5. The Hall–Kier alpha value is -2.49. The fraction of sp³-hybridized carbons (Fsp3) is 0.333. The number of nitrogens with one attached hydrogen (secondary N) is 1. The summed E-state index contributed by atoms with van der Waals surface area (Å²) in [7, 11) is 0. The van der Waals surface area contributed by atoms with E-state index in [9.17, 15) is 23.1 Å². The van der Waals surface area contributed by atoms with Gasteiger partial charge in [0.15, 0.2) is 0 Å². The summed E-state index contributed by atoms with van der Waals surface area (Å²) in [6.07, 6.45) is 1.20. The molecule has 0 saturated heterocycles. The average Bonchev–Trinajstić information content (AvgIpc) is 2.59. The number of nitrogens with zero attached hydrogens (tertiary/aromatic N) is 1. The summed E-state index contributed by atoms with van der Waals surface area (Å²) in [5, 5.41) is 17.5. The van der Waals surface area contributed by atoms with Crippen molar-refractivity contribution in [2.75, 3.05) is 13.2 Å². The third-order valence-corrected chi connectivity index (χ3v) is 3.80. The number of benzene rings is 1. The van der Waals surface area contributed by atoms with Gasteiger partial charge in [0, 0.05) is 36.7 Å². The largest absolute Gasteiger partial charge is 0.462 e. The van der Waals surface area contributed by atoms with E-state index in [0.29, 0.717) is 6.92 Å². The number of carbonyl (C=O) groups excluding carboxylic acids is 1. The normalized spacial score (nSPS) is 13.3. The van der Waals surface area contributed by atoms with E-state index in [4.69, 9.17) is 15.9 Å². The second-order valence-electron chi connectivity index (χ2n) is 6.60. The third-order valence-electron chi connectivity index (χ3n) is 3.80. The van der Waals surface area contributed by atoms with Gasteiger partial charge in [-0.3, -0.25) is 4.99 Å². The molecule has 0 bridgehead atoms. The standard InChI is InChI=1S/C21H25F3N3O3.V/c1-5-30-20(29)19(13(3)25)17(11-28)27-18(26)7-12(2)6-14-8-15(21(4,23)24)10-16(22)9-14;/h7-10,26,28H,2,5-6,11,25H2,1,3-4H3;/q-1;/b12-7+,19-13+,26-18?,27-17?;. The Kier molecular flexibility index (Phi) is 11.4. The summed E-state index contributed by atoms with van der Waals surface area (Å²) >= 11 is 0. The Morgan fingerprint density at radius 1 is 1.39 bits per heavy atom. The Labute approximate surface area is 191 Å². The average molecular weight is 475 g/mol. The van der Waals surface area contributed by atoms with Gasteiger partial charge in [-0.2, -0.15) is 6.08 Å². The van der Waals surface area contributed by atoms with E-state index < -0.39 is 29.9 Å². The fourth-order valence-electron chi connectivity index (χ4n) is 2.57. The predicted octanol–water partition coefficient (Wildman–Crippen LogP) is 3.44. The number of carbonyl (C=O) groups is 1. The molecule has 4 N–H and O–H groups in total. The van der Waals surface area contributed by atoms with Crippen LogP contribution in [-0.2, 0) is 40.4 Å². The van der Waals surface area contributed by atoms with Crippen LogP contribution in [0.4, 0.5) is 13.2 Å². The van der Waals surface area contributed by atoms with Gasteiger partial charge < -0.3 is 21.0 Å². The minimum absolute atomic E-state index is 0. The molecule has 31 heavy (non-hydrogen) atoms. The van der Waals surface area contributed by atoms with Gasteiger partial charge in [0.05, 0.1) is 24.8 Å². The first-order chi connectivity index (χ1) is 13.9. The molecule has 10 heteroatoms. The van der Waals surface area contributed by atoms with Crippen molar-refractivity contribution in [3.8, 4) is 0 Å². The van der Waals surface area contributed by atoms with Gasteiger partial charge in [0.1, 0.15) is 11.4 Å². The number of aliphatic hydroxyl groups excluding tert-OH is 1. The molecule has 6 nitrogen and oxygen atoms in total. The third kappa shape index (κ3) is 9.04. The van der Waals surface area contributed by atoms with Crippen molar-refractivity contribution < 1.29 is 46.4 Å². The van der Waals surface area contributed by atoms with E-state index >= 15 is 0 Å². The van der Waals surface area contributed by atoms with Crippen molar-refractivity contribution in [2.45, 2.75) is 33.1 Å². The zero-order chi connectivity index (χ0) is 23.1. The van der Waals surface area contributed by atoms with Crippen LogP contribution < -0.4 is 5.73 Å². The maximum absolute atomic E-state index is 13.7. The zero-order valence-electron chi connectivity index (χ0n) is 17.5. The number of aliphatic imine (C=N–C) groups is 1. The zero-order valence-corrected chi connectivity index (χ0v) is 18.9. The molecule has 1 rings (SSSR count). The van der Waals surface area contributed by atoms with Crippen LogP contribution in [0, 0.1) is 18.2 Å². The fourth-order valence-corrected chi connectivity index (χ4v) is 2.57. The molecule has 0 aliphatic rings. The van der Waals surface area contributed by atoms with Gasteiger partial charge in [-0.25, -0.2) is 30.5 Å². The second kappa shape index (κ2) is 12.4. The van der Waals surface area contributed by atoms with Crippen LogP contribution in [0.2, 0.25) is 0 Å². The van der Waals surface area contributed by atoms with Crippen molar-refractivity contribution in [2.24, 2.45) is 10.7 Å². The number of esters is 1. The van der Waals surface area contributed by atoms with Crippen LogP contribution in [0.1, 0.15) is 31.9 Å². The second-order valence-corrected chi connectivity index (χ2v) is 6.60. The first-order valence-corrected chi connectivity index (χ1v) is 9.00. The van der Waals surface area contributed by atoms with Crippen LogP contribution >= 0.6 is 0 Å². The van der Waals surface area contributed by atoms with Gasteiger partial charge in [-0.1, -0.05) is 0 Å². The topological polar surface area (TPSA) is 109 Å². The number of ether oxygens (including phenoxy) is 1. The summed E-state index contributed by atoms with van der Waals surface area (Å²) in [5.41, 5.74) is 5.48. The number of hydrogen-bond donors (Lipinski definition) is 3. The van der Waals surface area contributed by atoms with E-state index in [0.717, 1.165) is 18.2 Å². The molecule has 169 valence electrons. The molecule has 0 aliphatic carbocycles. The Morgan fingerprint density at radius 3 is 2.48 bits per heavy atom. The van der Waals surface area contributed by atoms with Crippen molar-refractivity contribution in [1.82, 2.24) is 0 Å². The smallest absolute Gasteiger partial charge is 0.341 e. The van der Waals surface area contributed by atoms with Gasteiger partial charge in [0.25, 0.3) is 5.92 Å². The summed E-state index contributed by atoms with van der Waals surface area (Å²) in [5.74, 6) is -5.17. The molecular formula is C21H25F3N3O3V-. The quantitative estimate of drug-likeness (QED) is 0.176. The SMILES string of the molecule is [CH2-]/C(=C\C(=N)N=C(CO)/C(C(=O)OCC)=C(/C)N)Cc1cc(F)cc(C(C)(F)F)c1.[V]. The Morgan fingerprint density at radius 2 is 2.00 bits per heavy atom. The minimum Gasteiger partial charge on any atom is -0.462 e. The van der Waals surface area contributed by atoms with Crippen molar-refractivity contribution in [3.63, 3.8) is 0 Å². The minimum atomic E-state index is -3.20. The van der Waals surface area contributed by atoms with Crippen LogP contribution in [-0.4, -0.2) is 35.8 Å². The number of rotatable bonds is 8. The first kappa shape index (κ1) is 28.5. The van der Waals surface area contributed by atoms with E-state index in [-0.39, 0.29) is 65.5 Å². The number of hydrogen-bond acceptors (Lipinski definition) is 5. The Balaban J connectivity index is 0.00000900. The molecular weight excluding hydrogens is 450 g/mol. The maximum atomic E-state index is 13.7. The molecule has 0 saturated carbocycles. The van der Waals surface area contributed by atoms with Crippen molar-refractivity contribution in [3.05, 3.63) is 65.0 Å². The van der Waals surface area contributed by atoms with E-state index in [1.54, 1.807) is 6.92 Å². The summed E-state index contributed by atoms with van der Waals surface area (Å²) in [6.45, 7) is 6.82. The molecule has 0 heterocycles. The van der Waals surface area contributed by atoms with Crippen molar-refractivity contribution >= 4 is 17.5 Å². The number of halogens is 3. The van der Waals surface area contributed by atoms with Crippen LogP contribution in [0.25, 0.3) is 0 Å². The molecule has 0 fully saturated rings. The van der Waals surface area contributed by atoms with E-state index in [2.05, 4.69) is 11.9 Å². The van der Waals surface area contributed by atoms with E-state index in [1.807, 2.05) is 0 Å². The molecule has 0 spiro atoms. The van der Waals surface area contributed by atoms with Gasteiger partial charge in [0.2, 0.25) is 0 Å². The van der Waals surface area contributed by atoms with Gasteiger partial charge in [-0.15, -0.1) is 0 Å². The van der Waals surface area contributed by atoms with Crippen molar-refractivity contribution in [1.29, 1.82) is 5.41 Å². The molecule has 0 aliphatic heterocycles. The number of nitrogens with two attached hydrogens (primary N) is 1. The van der Waals surface area contributed by atoms with E-state index in [1.165, 1.54) is 13.0 Å². The summed E-state index contributed by atoms with van der Waals surface area (Å²) in [4.78, 5) is 15.9. The Bertz CT molecular complexity index is 903. The van der Waals surface area contributed by atoms with Crippen LogP contribution in [0.5, 0.6) is 0 Å². The predicted molar refractivity (Wildman–Crippen MR) is 109 cm³/mol. The molecule has 1 radical (unpaired) electrons. The molecule has 1 aromatic rings. The number of aliphatic hydroxyl groups is 1. The first-order valence-electron chi connectivity index (χ1n) is 9.00. The molecule has 0 aromatic heterocycles. The van der Waals surface area contributed by atoms with Gasteiger partial charge in [-0.05, 0) is 44.0 Å². The maximum Gasteiger partial charge on any atom is 0.341 e. The van der Waals surface area contributed by atoms with Crippen LogP contribution in [0.3, 0.4) is 0 Å². The molecule has 0 amide bonds. The van der Waals surface area contributed by atoms with Gasteiger partial charge >= 0.3 is 5.97 Å². The summed E-state index contributed by atoms with van der Waals surface area (Å²) in [6, 6.07) is 3.02. The number of allylic oxidation sites excluding steroid dienone is 2. The molecule has 1 aromatic carbocycles. The van der Waals surface area contributed by atoms with Crippen LogP contribution in [0.15, 0.2) is 46.1 Å². The molecule has 0 unspecified atom stereocenters. The number of amidine groups is 1. The molecule has 0 atom stereocenters.